The molecule has 0 bridgehead atoms. The van der Waals surface area contributed by atoms with Gasteiger partial charge in [0.1, 0.15) is 12.1 Å². The molecule has 0 saturated heterocycles. The molecule has 6 nitrogen and oxygen atoms in total. The van der Waals surface area contributed by atoms with Crippen LogP contribution in [0.1, 0.15) is 29.7 Å². The lowest BCUT2D eigenvalue weighted by atomic mass is 9.97. The van der Waals surface area contributed by atoms with Gasteiger partial charge in [-0.3, -0.25) is 9.59 Å². The zero-order valence-electron chi connectivity index (χ0n) is 14.6. The number of hydrogen-bond donors (Lipinski definition) is 1. The predicted molar refractivity (Wildman–Crippen MR) is 99.2 cm³/mol. The van der Waals surface area contributed by atoms with E-state index in [1.165, 1.54) is 10.1 Å². The summed E-state index contributed by atoms with van der Waals surface area (Å²) in [4.78, 5) is 25.0. The van der Waals surface area contributed by atoms with E-state index in [2.05, 4.69) is 10.4 Å². The lowest BCUT2D eigenvalue weighted by Gasteiger charge is -2.10. The smallest absolute Gasteiger partial charge is 0.277 e. The highest BCUT2D eigenvalue weighted by Gasteiger charge is 2.19. The van der Waals surface area contributed by atoms with E-state index >= 15 is 0 Å². The number of rotatable bonds is 5. The van der Waals surface area contributed by atoms with Crippen LogP contribution in [0.3, 0.4) is 0 Å². The summed E-state index contributed by atoms with van der Waals surface area (Å²) in [6.07, 6.45) is 8.21. The molecule has 4 rings (SSSR count). The second-order valence-corrected chi connectivity index (χ2v) is 6.74. The Morgan fingerprint density at radius 3 is 2.77 bits per heavy atom. The second-order valence-electron chi connectivity index (χ2n) is 6.74. The van der Waals surface area contributed by atoms with Gasteiger partial charge in [-0.25, -0.2) is 4.52 Å². The number of benzene rings is 1. The van der Waals surface area contributed by atoms with Gasteiger partial charge in [-0.05, 0) is 37.7 Å². The summed E-state index contributed by atoms with van der Waals surface area (Å²) in [5, 5.41) is 7.41. The maximum absolute atomic E-state index is 12.8. The van der Waals surface area contributed by atoms with Gasteiger partial charge in [0, 0.05) is 24.5 Å². The molecule has 1 aliphatic rings. The number of nitrogens with zero attached hydrogens (tertiary/aromatic N) is 3. The third kappa shape index (κ3) is 3.27. The van der Waals surface area contributed by atoms with E-state index in [4.69, 9.17) is 0 Å². The molecule has 0 spiro atoms. The van der Waals surface area contributed by atoms with Crippen LogP contribution in [-0.2, 0) is 30.6 Å². The van der Waals surface area contributed by atoms with E-state index in [0.717, 1.165) is 43.4 Å². The molecule has 0 atom stereocenters. The molecule has 134 valence electrons. The molecule has 0 fully saturated rings. The molecule has 26 heavy (non-hydrogen) atoms. The van der Waals surface area contributed by atoms with Crippen LogP contribution in [0.4, 0.5) is 0 Å². The minimum Gasteiger partial charge on any atom is -0.354 e. The Morgan fingerprint density at radius 2 is 1.92 bits per heavy atom. The zero-order chi connectivity index (χ0) is 17.9. The van der Waals surface area contributed by atoms with Crippen LogP contribution in [0.5, 0.6) is 0 Å². The first-order chi connectivity index (χ1) is 12.7. The Labute approximate surface area is 151 Å². The van der Waals surface area contributed by atoms with Crippen molar-refractivity contribution in [3.05, 3.63) is 69.9 Å². The van der Waals surface area contributed by atoms with E-state index in [9.17, 15) is 9.59 Å². The first kappa shape index (κ1) is 16.6. The van der Waals surface area contributed by atoms with Gasteiger partial charge in [-0.1, -0.05) is 30.3 Å². The third-order valence-corrected chi connectivity index (χ3v) is 4.93. The number of hydrogen-bond acceptors (Lipinski definition) is 3. The van der Waals surface area contributed by atoms with Gasteiger partial charge < -0.3 is 9.88 Å². The quantitative estimate of drug-likeness (QED) is 0.762. The fourth-order valence-electron chi connectivity index (χ4n) is 3.58. The van der Waals surface area contributed by atoms with Gasteiger partial charge in [-0.15, -0.1) is 0 Å². The third-order valence-electron chi connectivity index (χ3n) is 4.93. The summed E-state index contributed by atoms with van der Waals surface area (Å²) in [5.41, 5.74) is 3.75. The van der Waals surface area contributed by atoms with Crippen LogP contribution in [0.2, 0.25) is 0 Å². The molecule has 0 radical (unpaired) electrons. The van der Waals surface area contributed by atoms with Crippen LogP contribution in [0.25, 0.3) is 5.52 Å². The summed E-state index contributed by atoms with van der Waals surface area (Å²) >= 11 is 0. The molecular weight excluding hydrogens is 328 g/mol. The highest BCUT2D eigenvalue weighted by atomic mass is 16.2. The molecule has 0 aliphatic heterocycles. The zero-order valence-corrected chi connectivity index (χ0v) is 14.6. The van der Waals surface area contributed by atoms with Crippen molar-refractivity contribution in [2.75, 3.05) is 6.54 Å². The summed E-state index contributed by atoms with van der Waals surface area (Å²) in [6.45, 7) is 0.589. The molecule has 1 amide bonds. The number of carbonyl (C=O) groups excluding carboxylic acids is 1. The van der Waals surface area contributed by atoms with E-state index in [1.807, 2.05) is 30.3 Å². The summed E-state index contributed by atoms with van der Waals surface area (Å²) in [6, 6.07) is 10.0. The fourth-order valence-corrected chi connectivity index (χ4v) is 3.58. The molecule has 6 heteroatoms. The molecular formula is C20H22N4O2. The van der Waals surface area contributed by atoms with Gasteiger partial charge in [0.25, 0.3) is 5.56 Å². The van der Waals surface area contributed by atoms with Gasteiger partial charge in [0.05, 0.1) is 5.69 Å². The largest absolute Gasteiger partial charge is 0.354 e. The Kier molecular flexibility index (Phi) is 4.56. The average molecular weight is 350 g/mol. The number of nitrogens with one attached hydrogen (secondary N) is 1. The number of carbonyl (C=O) groups is 1. The van der Waals surface area contributed by atoms with Gasteiger partial charge >= 0.3 is 0 Å². The van der Waals surface area contributed by atoms with Crippen LogP contribution >= 0.6 is 0 Å². The number of amides is 1. The second kappa shape index (κ2) is 7.15. The minimum absolute atomic E-state index is 0.0318. The topological polar surface area (TPSA) is 68.4 Å². The van der Waals surface area contributed by atoms with E-state index in [-0.39, 0.29) is 18.0 Å². The number of aromatic nitrogens is 3. The van der Waals surface area contributed by atoms with E-state index < -0.39 is 0 Å². The highest BCUT2D eigenvalue weighted by molar-refractivity contribution is 5.75. The lowest BCUT2D eigenvalue weighted by molar-refractivity contribution is -0.121. The number of aryl methyl sites for hydroxylation is 2. The van der Waals surface area contributed by atoms with E-state index in [0.29, 0.717) is 12.1 Å². The summed E-state index contributed by atoms with van der Waals surface area (Å²) in [5.74, 6) is -0.152. The Bertz CT molecular complexity index is 988. The SMILES string of the molecule is O=C(Cn1ccn2nc3c(c2c1=O)CCCC3)NCCc1ccccc1. The monoisotopic (exact) mass is 350 g/mol. The molecule has 2 aromatic heterocycles. The van der Waals surface area contributed by atoms with E-state index in [1.54, 1.807) is 16.9 Å². The van der Waals surface area contributed by atoms with Crippen molar-refractivity contribution in [3.8, 4) is 0 Å². The van der Waals surface area contributed by atoms with Crippen molar-refractivity contribution in [2.45, 2.75) is 38.6 Å². The first-order valence-corrected chi connectivity index (χ1v) is 9.12. The van der Waals surface area contributed by atoms with Crippen molar-refractivity contribution in [1.82, 2.24) is 19.5 Å². The normalized spacial score (nSPS) is 13.5. The van der Waals surface area contributed by atoms with Crippen molar-refractivity contribution in [3.63, 3.8) is 0 Å². The lowest BCUT2D eigenvalue weighted by Crippen LogP contribution is -2.33. The van der Waals surface area contributed by atoms with Crippen LogP contribution in [-0.4, -0.2) is 26.6 Å². The average Bonchev–Trinajstić information content (AvgIpc) is 3.04. The minimum atomic E-state index is -0.152. The Morgan fingerprint density at radius 1 is 1.12 bits per heavy atom. The highest BCUT2D eigenvalue weighted by Crippen LogP contribution is 2.22. The maximum atomic E-state index is 12.8. The van der Waals surface area contributed by atoms with Crippen LogP contribution in [0.15, 0.2) is 47.5 Å². The maximum Gasteiger partial charge on any atom is 0.277 e. The molecule has 3 aromatic rings. The molecule has 0 unspecified atom stereocenters. The first-order valence-electron chi connectivity index (χ1n) is 9.12. The molecule has 2 heterocycles. The standard InChI is InChI=1S/C20H22N4O2/c25-18(21-11-10-15-6-2-1-3-7-15)14-23-12-13-24-19(20(23)26)16-8-4-5-9-17(16)22-24/h1-3,6-7,12-13H,4-5,8-11,14H2,(H,21,25). The van der Waals surface area contributed by atoms with Crippen LogP contribution in [0, 0.1) is 0 Å². The van der Waals surface area contributed by atoms with Crippen molar-refractivity contribution < 1.29 is 4.79 Å². The van der Waals surface area contributed by atoms with Gasteiger partial charge in [0.15, 0.2) is 0 Å². The molecule has 1 aromatic carbocycles. The van der Waals surface area contributed by atoms with Crippen molar-refractivity contribution in [2.24, 2.45) is 0 Å². The Balaban J connectivity index is 1.46. The number of fused-ring (bicyclic) bond motifs is 3. The molecule has 1 N–H and O–H groups in total. The fraction of sp³-hybridized carbons (Fsp3) is 0.350. The summed E-state index contributed by atoms with van der Waals surface area (Å²) < 4.78 is 3.14. The Hall–Kier alpha value is -2.89. The van der Waals surface area contributed by atoms with Gasteiger partial charge in [0.2, 0.25) is 5.91 Å². The van der Waals surface area contributed by atoms with Crippen LogP contribution < -0.4 is 10.9 Å². The molecule has 1 aliphatic carbocycles. The van der Waals surface area contributed by atoms with Crippen molar-refractivity contribution >= 4 is 11.4 Å². The summed E-state index contributed by atoms with van der Waals surface area (Å²) in [7, 11) is 0. The van der Waals surface area contributed by atoms with Crippen molar-refractivity contribution in [1.29, 1.82) is 0 Å². The van der Waals surface area contributed by atoms with Gasteiger partial charge in [-0.2, -0.15) is 5.10 Å². The molecule has 0 saturated carbocycles. The predicted octanol–water partition coefficient (Wildman–Crippen LogP) is 1.73.